The van der Waals surface area contributed by atoms with Crippen molar-refractivity contribution in [1.82, 2.24) is 4.90 Å². The SMILES string of the molecule is O=CN1CCC[C@H]1C(=O)OCc1ccccc1. The van der Waals surface area contributed by atoms with Crippen LogP contribution in [0.3, 0.4) is 0 Å². The molecule has 1 aromatic carbocycles. The molecule has 1 aliphatic heterocycles. The molecule has 1 aromatic rings. The number of hydrogen-bond acceptors (Lipinski definition) is 3. The molecule has 4 heteroatoms. The minimum Gasteiger partial charge on any atom is -0.459 e. The van der Waals surface area contributed by atoms with Crippen LogP contribution in [0.4, 0.5) is 0 Å². The number of carbonyl (C=O) groups is 2. The van der Waals surface area contributed by atoms with Gasteiger partial charge in [-0.3, -0.25) is 4.79 Å². The molecule has 1 aliphatic rings. The summed E-state index contributed by atoms with van der Waals surface area (Å²) in [5, 5.41) is 0. The first-order valence-electron chi connectivity index (χ1n) is 5.73. The summed E-state index contributed by atoms with van der Waals surface area (Å²) in [6.45, 7) is 0.914. The highest BCUT2D eigenvalue weighted by Gasteiger charge is 2.30. The number of likely N-dealkylation sites (tertiary alicyclic amines) is 1. The molecule has 0 N–H and O–H groups in total. The van der Waals surface area contributed by atoms with E-state index in [1.807, 2.05) is 30.3 Å². The molecule has 0 radical (unpaired) electrons. The number of rotatable bonds is 4. The number of ether oxygens (including phenoxy) is 1. The minimum absolute atomic E-state index is 0.267. The van der Waals surface area contributed by atoms with Gasteiger partial charge in [0.1, 0.15) is 12.6 Å². The van der Waals surface area contributed by atoms with Gasteiger partial charge in [0.2, 0.25) is 6.41 Å². The first-order valence-corrected chi connectivity index (χ1v) is 5.73. The van der Waals surface area contributed by atoms with Crippen LogP contribution in [0.15, 0.2) is 30.3 Å². The molecule has 0 saturated carbocycles. The summed E-state index contributed by atoms with van der Waals surface area (Å²) in [5.41, 5.74) is 0.955. The molecule has 90 valence electrons. The highest BCUT2D eigenvalue weighted by Crippen LogP contribution is 2.17. The summed E-state index contributed by atoms with van der Waals surface area (Å²) < 4.78 is 5.20. The minimum atomic E-state index is -0.392. The summed E-state index contributed by atoms with van der Waals surface area (Å²) >= 11 is 0. The van der Waals surface area contributed by atoms with Crippen LogP contribution in [0, 0.1) is 0 Å². The van der Waals surface area contributed by atoms with E-state index in [0.29, 0.717) is 13.0 Å². The van der Waals surface area contributed by atoms with Gasteiger partial charge in [-0.05, 0) is 18.4 Å². The normalized spacial score (nSPS) is 19.1. The van der Waals surface area contributed by atoms with Gasteiger partial charge in [-0.2, -0.15) is 0 Å². The highest BCUT2D eigenvalue weighted by atomic mass is 16.5. The summed E-state index contributed by atoms with van der Waals surface area (Å²) in [7, 11) is 0. The van der Waals surface area contributed by atoms with Crippen molar-refractivity contribution in [1.29, 1.82) is 0 Å². The standard InChI is InChI=1S/C13H15NO3/c15-10-14-8-4-7-12(14)13(16)17-9-11-5-2-1-3-6-11/h1-3,5-6,10,12H,4,7-9H2/t12-/m0/s1. The largest absolute Gasteiger partial charge is 0.459 e. The molecule has 0 bridgehead atoms. The molecule has 1 atom stereocenters. The maximum absolute atomic E-state index is 11.8. The zero-order valence-electron chi connectivity index (χ0n) is 9.54. The molecule has 2 rings (SSSR count). The van der Waals surface area contributed by atoms with E-state index in [2.05, 4.69) is 0 Å². The fourth-order valence-electron chi connectivity index (χ4n) is 1.99. The van der Waals surface area contributed by atoms with Gasteiger partial charge >= 0.3 is 5.97 Å². The number of nitrogens with zero attached hydrogens (tertiary/aromatic N) is 1. The van der Waals surface area contributed by atoms with Crippen molar-refractivity contribution >= 4 is 12.4 Å². The lowest BCUT2D eigenvalue weighted by Crippen LogP contribution is -2.36. The van der Waals surface area contributed by atoms with E-state index in [1.165, 1.54) is 4.90 Å². The van der Waals surface area contributed by atoms with Crippen molar-refractivity contribution < 1.29 is 14.3 Å². The van der Waals surface area contributed by atoms with Crippen LogP contribution in [0.5, 0.6) is 0 Å². The summed E-state index contributed by atoms with van der Waals surface area (Å²) in [4.78, 5) is 24.0. The van der Waals surface area contributed by atoms with Crippen molar-refractivity contribution in [2.45, 2.75) is 25.5 Å². The average molecular weight is 233 g/mol. The molecule has 1 heterocycles. The monoisotopic (exact) mass is 233 g/mol. The van der Waals surface area contributed by atoms with Gasteiger partial charge in [0.05, 0.1) is 0 Å². The second-order valence-electron chi connectivity index (χ2n) is 4.09. The third-order valence-electron chi connectivity index (χ3n) is 2.93. The average Bonchev–Trinajstić information content (AvgIpc) is 2.85. The zero-order valence-corrected chi connectivity index (χ0v) is 9.54. The second kappa shape index (κ2) is 5.48. The maximum Gasteiger partial charge on any atom is 0.329 e. The highest BCUT2D eigenvalue weighted by molar-refractivity contribution is 5.78. The van der Waals surface area contributed by atoms with Crippen LogP contribution in [0.2, 0.25) is 0 Å². The summed E-state index contributed by atoms with van der Waals surface area (Å²) in [6, 6.07) is 9.12. The van der Waals surface area contributed by atoms with Gasteiger partial charge in [-0.15, -0.1) is 0 Å². The smallest absolute Gasteiger partial charge is 0.329 e. The quantitative estimate of drug-likeness (QED) is 0.582. The van der Waals surface area contributed by atoms with E-state index < -0.39 is 6.04 Å². The third-order valence-corrected chi connectivity index (χ3v) is 2.93. The van der Waals surface area contributed by atoms with Crippen LogP contribution in [-0.4, -0.2) is 29.9 Å². The van der Waals surface area contributed by atoms with Crippen LogP contribution in [-0.2, 0) is 20.9 Å². The summed E-state index contributed by atoms with van der Waals surface area (Å²) in [6.07, 6.45) is 2.29. The van der Waals surface area contributed by atoms with E-state index in [1.54, 1.807) is 0 Å². The predicted molar refractivity (Wildman–Crippen MR) is 62.0 cm³/mol. The first kappa shape index (κ1) is 11.6. The van der Waals surface area contributed by atoms with Crippen molar-refractivity contribution in [2.24, 2.45) is 0 Å². The van der Waals surface area contributed by atoms with Crippen molar-refractivity contribution in [3.63, 3.8) is 0 Å². The number of hydrogen-bond donors (Lipinski definition) is 0. The number of benzene rings is 1. The molecular weight excluding hydrogens is 218 g/mol. The Morgan fingerprint density at radius 2 is 2.18 bits per heavy atom. The fraction of sp³-hybridized carbons (Fsp3) is 0.385. The zero-order chi connectivity index (χ0) is 12.1. The lowest BCUT2D eigenvalue weighted by Gasteiger charge is -2.18. The van der Waals surface area contributed by atoms with Gasteiger partial charge in [0, 0.05) is 6.54 Å². The Labute approximate surface area is 100 Å². The summed E-state index contributed by atoms with van der Waals surface area (Å²) in [5.74, 6) is -0.307. The Bertz CT molecular complexity index is 391. The van der Waals surface area contributed by atoms with Crippen molar-refractivity contribution in [2.75, 3.05) is 6.54 Å². The van der Waals surface area contributed by atoms with Crippen LogP contribution in [0.25, 0.3) is 0 Å². The van der Waals surface area contributed by atoms with E-state index in [-0.39, 0.29) is 12.6 Å². The van der Waals surface area contributed by atoms with E-state index >= 15 is 0 Å². The number of amides is 1. The molecule has 4 nitrogen and oxygen atoms in total. The van der Waals surface area contributed by atoms with Crippen LogP contribution in [0.1, 0.15) is 18.4 Å². The Morgan fingerprint density at radius 1 is 1.41 bits per heavy atom. The Hall–Kier alpha value is -1.84. The molecule has 0 aliphatic carbocycles. The Kier molecular flexibility index (Phi) is 3.75. The Balaban J connectivity index is 1.87. The lowest BCUT2D eigenvalue weighted by molar-refractivity contribution is -0.152. The topological polar surface area (TPSA) is 46.6 Å². The second-order valence-corrected chi connectivity index (χ2v) is 4.09. The van der Waals surface area contributed by atoms with Crippen LogP contribution >= 0.6 is 0 Å². The van der Waals surface area contributed by atoms with E-state index in [4.69, 9.17) is 4.74 Å². The molecule has 1 fully saturated rings. The lowest BCUT2D eigenvalue weighted by atomic mass is 10.2. The predicted octanol–water partition coefficient (Wildman–Crippen LogP) is 1.35. The molecule has 1 saturated heterocycles. The molecular formula is C13H15NO3. The molecule has 0 unspecified atom stereocenters. The van der Waals surface area contributed by atoms with Gasteiger partial charge < -0.3 is 9.64 Å². The molecule has 17 heavy (non-hydrogen) atoms. The number of carbonyl (C=O) groups excluding carboxylic acids is 2. The van der Waals surface area contributed by atoms with Crippen LogP contribution < -0.4 is 0 Å². The maximum atomic E-state index is 11.8. The fourth-order valence-corrected chi connectivity index (χ4v) is 1.99. The van der Waals surface area contributed by atoms with Gasteiger partial charge in [-0.25, -0.2) is 4.79 Å². The third kappa shape index (κ3) is 2.84. The number of esters is 1. The first-order chi connectivity index (χ1) is 8.31. The van der Waals surface area contributed by atoms with Crippen molar-refractivity contribution in [3.8, 4) is 0 Å². The van der Waals surface area contributed by atoms with E-state index in [9.17, 15) is 9.59 Å². The molecule has 1 amide bonds. The Morgan fingerprint density at radius 3 is 2.88 bits per heavy atom. The van der Waals surface area contributed by atoms with Crippen molar-refractivity contribution in [3.05, 3.63) is 35.9 Å². The van der Waals surface area contributed by atoms with Gasteiger partial charge in [-0.1, -0.05) is 30.3 Å². The van der Waals surface area contributed by atoms with Gasteiger partial charge in [0.15, 0.2) is 0 Å². The molecule has 0 spiro atoms. The van der Waals surface area contributed by atoms with Gasteiger partial charge in [0.25, 0.3) is 0 Å². The molecule has 0 aromatic heterocycles. The van der Waals surface area contributed by atoms with E-state index in [0.717, 1.165) is 18.4 Å².